The molecule has 72 valence electrons. The molecule has 4 heteroatoms. The molecule has 0 aliphatic rings. The number of hydrogen-bond donors (Lipinski definition) is 0. The number of nitrogens with zero attached hydrogens (tertiary/aromatic N) is 1. The zero-order valence-electron chi connectivity index (χ0n) is 7.42. The molecule has 4 nitrogen and oxygen atoms in total. The molecule has 0 aliphatic heterocycles. The average Bonchev–Trinajstić information content (AvgIpc) is 2.19. The highest BCUT2D eigenvalue weighted by Gasteiger charge is 2.03. The van der Waals surface area contributed by atoms with Crippen molar-refractivity contribution in [2.75, 3.05) is 0 Å². The summed E-state index contributed by atoms with van der Waals surface area (Å²) in [5.74, 6) is 0.550. The minimum absolute atomic E-state index is 0.0463. The largest absolute Gasteiger partial charge is 0.465 e. The first kappa shape index (κ1) is 9.98. The Labute approximate surface area is 81.3 Å². The van der Waals surface area contributed by atoms with Crippen LogP contribution in [-0.2, 0) is 0 Å². The molecule has 1 aromatic carbocycles. The van der Waals surface area contributed by atoms with E-state index in [0.717, 1.165) is 0 Å². The Morgan fingerprint density at radius 1 is 1.36 bits per heavy atom. The fraction of sp³-hybridized carbons (Fsp3) is 0. The van der Waals surface area contributed by atoms with Gasteiger partial charge in [-0.2, -0.15) is 0 Å². The van der Waals surface area contributed by atoms with E-state index >= 15 is 0 Å². The van der Waals surface area contributed by atoms with Crippen molar-refractivity contribution in [1.29, 1.82) is 0 Å². The van der Waals surface area contributed by atoms with Gasteiger partial charge in [0.2, 0.25) is 0 Å². The molecule has 0 atom stereocenters. The van der Waals surface area contributed by atoms with Gasteiger partial charge in [0.25, 0.3) is 5.69 Å². The smallest absolute Gasteiger partial charge is 0.269 e. The lowest BCUT2D eigenvalue weighted by molar-refractivity contribution is -0.384. The number of ether oxygens (including phenoxy) is 1. The SMILES string of the molecule is C=C/C=C/Oc1ccc([N+](=O)[O-])cc1. The highest BCUT2D eigenvalue weighted by atomic mass is 16.6. The van der Waals surface area contributed by atoms with Crippen LogP contribution in [0.1, 0.15) is 0 Å². The summed E-state index contributed by atoms with van der Waals surface area (Å²) < 4.78 is 5.11. The number of nitro benzene ring substituents is 1. The van der Waals surface area contributed by atoms with E-state index in [-0.39, 0.29) is 5.69 Å². The Balaban J connectivity index is 2.68. The highest BCUT2D eigenvalue weighted by molar-refractivity contribution is 5.36. The van der Waals surface area contributed by atoms with Crippen molar-refractivity contribution in [2.24, 2.45) is 0 Å². The fourth-order valence-corrected chi connectivity index (χ4v) is 0.820. The maximum absolute atomic E-state index is 10.3. The van der Waals surface area contributed by atoms with Crippen molar-refractivity contribution < 1.29 is 9.66 Å². The maximum Gasteiger partial charge on any atom is 0.269 e. The molecule has 1 aromatic rings. The molecule has 0 amide bonds. The second-order valence-corrected chi connectivity index (χ2v) is 2.43. The molecular formula is C10H9NO3. The summed E-state index contributed by atoms with van der Waals surface area (Å²) in [5, 5.41) is 10.3. The Bertz CT molecular complexity index is 354. The van der Waals surface area contributed by atoms with Crippen LogP contribution in [0.3, 0.4) is 0 Å². The molecular weight excluding hydrogens is 182 g/mol. The van der Waals surface area contributed by atoms with E-state index in [1.165, 1.54) is 30.5 Å². The lowest BCUT2D eigenvalue weighted by atomic mass is 10.3. The number of benzene rings is 1. The first-order valence-corrected chi connectivity index (χ1v) is 3.92. The van der Waals surface area contributed by atoms with Gasteiger partial charge in [-0.15, -0.1) is 0 Å². The summed E-state index contributed by atoms with van der Waals surface area (Å²) >= 11 is 0. The normalized spacial score (nSPS) is 10.0. The van der Waals surface area contributed by atoms with Gasteiger partial charge in [0.1, 0.15) is 5.75 Å². The quantitative estimate of drug-likeness (QED) is 0.318. The third kappa shape index (κ3) is 2.75. The second kappa shape index (κ2) is 4.81. The molecule has 0 radical (unpaired) electrons. The summed E-state index contributed by atoms with van der Waals surface area (Å²) in [6.45, 7) is 3.47. The lowest BCUT2D eigenvalue weighted by Crippen LogP contribution is -1.87. The van der Waals surface area contributed by atoms with E-state index in [4.69, 9.17) is 4.74 Å². The molecule has 0 spiro atoms. The molecule has 0 saturated heterocycles. The average molecular weight is 191 g/mol. The van der Waals surface area contributed by atoms with E-state index in [1.54, 1.807) is 12.2 Å². The maximum atomic E-state index is 10.3. The van der Waals surface area contributed by atoms with Crippen molar-refractivity contribution in [3.8, 4) is 5.75 Å². The van der Waals surface area contributed by atoms with Crippen LogP contribution >= 0.6 is 0 Å². The molecule has 0 unspecified atom stereocenters. The molecule has 0 aromatic heterocycles. The molecule has 0 bridgehead atoms. The van der Waals surface area contributed by atoms with E-state index in [0.29, 0.717) is 5.75 Å². The van der Waals surface area contributed by atoms with Gasteiger partial charge in [-0.3, -0.25) is 10.1 Å². The zero-order valence-corrected chi connectivity index (χ0v) is 7.42. The minimum Gasteiger partial charge on any atom is -0.465 e. The van der Waals surface area contributed by atoms with Gasteiger partial charge in [-0.1, -0.05) is 12.7 Å². The van der Waals surface area contributed by atoms with Crippen molar-refractivity contribution in [1.82, 2.24) is 0 Å². The number of rotatable bonds is 4. The van der Waals surface area contributed by atoms with E-state index in [9.17, 15) is 10.1 Å². The van der Waals surface area contributed by atoms with Gasteiger partial charge in [-0.25, -0.2) is 0 Å². The molecule has 0 heterocycles. The van der Waals surface area contributed by atoms with Crippen molar-refractivity contribution in [2.45, 2.75) is 0 Å². The Morgan fingerprint density at radius 2 is 2.00 bits per heavy atom. The van der Waals surface area contributed by atoms with Gasteiger partial charge >= 0.3 is 0 Å². The van der Waals surface area contributed by atoms with Crippen LogP contribution in [0.2, 0.25) is 0 Å². The van der Waals surface area contributed by atoms with Crippen LogP contribution in [0.25, 0.3) is 0 Å². The van der Waals surface area contributed by atoms with Gasteiger partial charge in [0, 0.05) is 12.1 Å². The van der Waals surface area contributed by atoms with Gasteiger partial charge in [0.15, 0.2) is 0 Å². The summed E-state index contributed by atoms with van der Waals surface area (Å²) in [6, 6.07) is 5.84. The molecule has 0 N–H and O–H groups in total. The molecule has 14 heavy (non-hydrogen) atoms. The van der Waals surface area contributed by atoms with E-state index in [1.807, 2.05) is 0 Å². The number of non-ortho nitro benzene ring substituents is 1. The number of nitro groups is 1. The van der Waals surface area contributed by atoms with Crippen LogP contribution in [0, 0.1) is 10.1 Å². The van der Waals surface area contributed by atoms with Gasteiger partial charge < -0.3 is 4.74 Å². The van der Waals surface area contributed by atoms with Crippen molar-refractivity contribution in [3.05, 3.63) is 59.4 Å². The molecule has 1 rings (SSSR count). The highest BCUT2D eigenvalue weighted by Crippen LogP contribution is 2.17. The summed E-state index contributed by atoms with van der Waals surface area (Å²) in [6.07, 6.45) is 4.65. The monoisotopic (exact) mass is 191 g/mol. The van der Waals surface area contributed by atoms with Crippen LogP contribution in [-0.4, -0.2) is 4.92 Å². The molecule has 0 saturated carbocycles. The third-order valence-electron chi connectivity index (χ3n) is 1.47. The predicted octanol–water partition coefficient (Wildman–Crippen LogP) is 2.67. The third-order valence-corrected chi connectivity index (χ3v) is 1.47. The number of hydrogen-bond acceptors (Lipinski definition) is 3. The topological polar surface area (TPSA) is 52.4 Å². The Hall–Kier alpha value is -2.10. The predicted molar refractivity (Wildman–Crippen MR) is 53.1 cm³/mol. The minimum atomic E-state index is -0.455. The number of allylic oxidation sites excluding steroid dienone is 2. The summed E-state index contributed by atoms with van der Waals surface area (Å²) in [5.41, 5.74) is 0.0463. The van der Waals surface area contributed by atoms with Crippen LogP contribution in [0.5, 0.6) is 5.75 Å². The summed E-state index contributed by atoms with van der Waals surface area (Å²) in [7, 11) is 0. The van der Waals surface area contributed by atoms with Crippen molar-refractivity contribution in [3.63, 3.8) is 0 Å². The van der Waals surface area contributed by atoms with Crippen LogP contribution < -0.4 is 4.74 Å². The lowest BCUT2D eigenvalue weighted by Gasteiger charge is -1.97. The van der Waals surface area contributed by atoms with Gasteiger partial charge in [0.05, 0.1) is 11.2 Å². The standard InChI is InChI=1S/C10H9NO3/c1-2-3-8-14-10-6-4-9(5-7-10)11(12)13/h2-8H,1H2/b8-3+. The first-order chi connectivity index (χ1) is 6.74. The second-order valence-electron chi connectivity index (χ2n) is 2.43. The van der Waals surface area contributed by atoms with E-state index < -0.39 is 4.92 Å². The fourth-order valence-electron chi connectivity index (χ4n) is 0.820. The summed E-state index contributed by atoms with van der Waals surface area (Å²) in [4.78, 5) is 9.86. The Kier molecular flexibility index (Phi) is 3.43. The van der Waals surface area contributed by atoms with Crippen LogP contribution in [0.15, 0.2) is 49.3 Å². The molecule has 0 fully saturated rings. The Morgan fingerprint density at radius 3 is 2.50 bits per heavy atom. The van der Waals surface area contributed by atoms with E-state index in [2.05, 4.69) is 6.58 Å². The van der Waals surface area contributed by atoms with Crippen molar-refractivity contribution >= 4 is 5.69 Å². The molecule has 0 aliphatic carbocycles. The van der Waals surface area contributed by atoms with Crippen LogP contribution in [0.4, 0.5) is 5.69 Å². The zero-order chi connectivity index (χ0) is 10.4. The van der Waals surface area contributed by atoms with Gasteiger partial charge in [-0.05, 0) is 18.2 Å². The first-order valence-electron chi connectivity index (χ1n) is 3.92.